The number of benzene rings is 1. The molecule has 4 aromatic rings. The van der Waals surface area contributed by atoms with E-state index in [1.54, 1.807) is 0 Å². The molecule has 37 heavy (non-hydrogen) atoms. The molecule has 2 fully saturated rings. The van der Waals surface area contributed by atoms with Crippen LogP contribution in [0.15, 0.2) is 36.8 Å². The number of hydrogen-bond acceptors (Lipinski definition) is 5. The van der Waals surface area contributed by atoms with E-state index in [9.17, 15) is 13.2 Å². The van der Waals surface area contributed by atoms with Crippen LogP contribution in [0, 0.1) is 17.8 Å². The average molecular weight is 512 g/mol. The van der Waals surface area contributed by atoms with Crippen LogP contribution in [0.3, 0.4) is 0 Å². The van der Waals surface area contributed by atoms with E-state index in [0.29, 0.717) is 40.6 Å². The monoisotopic (exact) mass is 511 g/mol. The molecule has 196 valence electrons. The third kappa shape index (κ3) is 4.91. The van der Waals surface area contributed by atoms with Crippen molar-refractivity contribution < 1.29 is 13.2 Å². The lowest BCUT2D eigenvalue weighted by Crippen LogP contribution is -2.37. The molecular weight excluding hydrogens is 479 g/mol. The van der Waals surface area contributed by atoms with Crippen molar-refractivity contribution in [2.45, 2.75) is 50.7 Å². The van der Waals surface area contributed by atoms with Gasteiger partial charge in [-0.25, -0.2) is 15.0 Å². The van der Waals surface area contributed by atoms with Crippen LogP contribution in [-0.4, -0.2) is 49.5 Å². The Labute approximate surface area is 213 Å². The first kappa shape index (κ1) is 24.2. The van der Waals surface area contributed by atoms with E-state index in [0.717, 1.165) is 74.2 Å². The predicted octanol–water partition coefficient (Wildman–Crippen LogP) is 5.45. The summed E-state index contributed by atoms with van der Waals surface area (Å²) in [6.07, 6.45) is 5.87. The quantitative estimate of drug-likeness (QED) is 0.344. The Morgan fingerprint density at radius 2 is 1.86 bits per heavy atom. The van der Waals surface area contributed by atoms with Crippen LogP contribution in [0.2, 0.25) is 0 Å². The van der Waals surface area contributed by atoms with E-state index in [-0.39, 0.29) is 0 Å². The maximum Gasteiger partial charge on any atom is 0.416 e. The molecule has 0 spiro atoms. The van der Waals surface area contributed by atoms with Crippen LogP contribution in [0.1, 0.15) is 49.5 Å². The molecule has 7 nitrogen and oxygen atoms in total. The number of aromatic nitrogens is 5. The minimum absolute atomic E-state index is 0.388. The summed E-state index contributed by atoms with van der Waals surface area (Å²) in [6, 6.07) is 6.18. The van der Waals surface area contributed by atoms with Crippen molar-refractivity contribution in [2.75, 3.05) is 25.9 Å². The molecule has 2 saturated carbocycles. The van der Waals surface area contributed by atoms with Gasteiger partial charge in [0, 0.05) is 31.7 Å². The fraction of sp³-hybridized carbons (Fsp3) is 0.519. The fourth-order valence-corrected chi connectivity index (χ4v) is 6.50. The molecule has 0 saturated heterocycles. The lowest BCUT2D eigenvalue weighted by molar-refractivity contribution is -0.137. The molecule has 6 rings (SSSR count). The number of anilines is 1. The van der Waals surface area contributed by atoms with Crippen molar-refractivity contribution in [2.24, 2.45) is 17.8 Å². The van der Waals surface area contributed by atoms with E-state index in [1.165, 1.54) is 18.8 Å². The number of hydrogen-bond donors (Lipinski definition) is 2. The third-order valence-electron chi connectivity index (χ3n) is 8.26. The summed E-state index contributed by atoms with van der Waals surface area (Å²) >= 11 is 0. The smallest absolute Gasteiger partial charge is 0.383 e. The summed E-state index contributed by atoms with van der Waals surface area (Å²) in [5, 5.41) is 0.927. The topological polar surface area (TPSA) is 88.7 Å². The average Bonchev–Trinajstić information content (AvgIpc) is 3.54. The minimum Gasteiger partial charge on any atom is -0.383 e. The third-order valence-corrected chi connectivity index (χ3v) is 8.26. The maximum atomic E-state index is 13.0. The Morgan fingerprint density at radius 1 is 1.05 bits per heavy atom. The maximum absolute atomic E-state index is 13.0. The number of aromatic amines is 1. The van der Waals surface area contributed by atoms with Crippen LogP contribution in [0.25, 0.3) is 22.1 Å². The largest absolute Gasteiger partial charge is 0.416 e. The molecule has 0 unspecified atom stereocenters. The lowest BCUT2D eigenvalue weighted by Gasteiger charge is -2.38. The van der Waals surface area contributed by atoms with Crippen LogP contribution in [0.5, 0.6) is 0 Å². The SMILES string of the molecule is CN(CC1CC(Cc2nc3cc(C(F)(F)F)ccc3[nH]2)C1)C[C@@H]1CC[C@H](n2ccc3c(N)ncnc32)C1. The number of halogens is 3. The summed E-state index contributed by atoms with van der Waals surface area (Å²) in [4.78, 5) is 18.7. The molecule has 2 aliphatic rings. The van der Waals surface area contributed by atoms with Crippen LogP contribution < -0.4 is 5.73 Å². The number of rotatable bonds is 7. The summed E-state index contributed by atoms with van der Waals surface area (Å²) in [7, 11) is 2.22. The van der Waals surface area contributed by atoms with Gasteiger partial charge in [0.2, 0.25) is 0 Å². The zero-order chi connectivity index (χ0) is 25.7. The lowest BCUT2D eigenvalue weighted by atomic mass is 9.73. The van der Waals surface area contributed by atoms with Crippen molar-refractivity contribution in [3.05, 3.63) is 48.2 Å². The molecule has 3 aromatic heterocycles. The highest BCUT2D eigenvalue weighted by atomic mass is 19.4. The van der Waals surface area contributed by atoms with Gasteiger partial charge in [-0.1, -0.05) is 0 Å². The highest BCUT2D eigenvalue weighted by Gasteiger charge is 2.33. The number of nitrogen functional groups attached to an aromatic ring is 1. The van der Waals surface area contributed by atoms with Crippen LogP contribution in [0.4, 0.5) is 19.0 Å². The second kappa shape index (κ2) is 9.31. The molecule has 10 heteroatoms. The second-order valence-corrected chi connectivity index (χ2v) is 11.1. The summed E-state index contributed by atoms with van der Waals surface area (Å²) in [6.45, 7) is 2.18. The second-order valence-electron chi connectivity index (χ2n) is 11.1. The minimum atomic E-state index is -4.35. The van der Waals surface area contributed by atoms with Gasteiger partial charge in [0.1, 0.15) is 23.6 Å². The Hall–Kier alpha value is -3.14. The van der Waals surface area contributed by atoms with Crippen molar-refractivity contribution in [1.82, 2.24) is 29.4 Å². The van der Waals surface area contributed by atoms with Gasteiger partial charge in [-0.3, -0.25) is 0 Å². The van der Waals surface area contributed by atoms with Gasteiger partial charge in [-0.15, -0.1) is 0 Å². The van der Waals surface area contributed by atoms with Gasteiger partial charge < -0.3 is 20.2 Å². The van der Waals surface area contributed by atoms with Crippen molar-refractivity contribution in [1.29, 1.82) is 0 Å². The highest BCUT2D eigenvalue weighted by Crippen LogP contribution is 2.39. The number of nitrogens with two attached hydrogens (primary N) is 1. The first-order chi connectivity index (χ1) is 17.7. The zero-order valence-electron chi connectivity index (χ0n) is 20.9. The van der Waals surface area contributed by atoms with E-state index < -0.39 is 11.7 Å². The number of fused-ring (bicyclic) bond motifs is 2. The summed E-state index contributed by atoms with van der Waals surface area (Å²) < 4.78 is 41.2. The number of nitrogens with zero attached hydrogens (tertiary/aromatic N) is 5. The molecule has 3 N–H and O–H groups in total. The Kier molecular flexibility index (Phi) is 6.09. The molecule has 0 amide bonds. The predicted molar refractivity (Wildman–Crippen MR) is 137 cm³/mol. The molecule has 2 atom stereocenters. The van der Waals surface area contributed by atoms with Gasteiger partial charge >= 0.3 is 6.18 Å². The first-order valence-corrected chi connectivity index (χ1v) is 13.0. The molecule has 3 heterocycles. The van der Waals surface area contributed by atoms with Crippen molar-refractivity contribution in [3.63, 3.8) is 0 Å². The molecule has 2 aliphatic carbocycles. The number of imidazole rings is 1. The van der Waals surface area contributed by atoms with Gasteiger partial charge in [0.15, 0.2) is 0 Å². The first-order valence-electron chi connectivity index (χ1n) is 13.0. The molecular formula is C27H32F3N7. The molecule has 0 radical (unpaired) electrons. The van der Waals surface area contributed by atoms with E-state index in [4.69, 9.17) is 5.73 Å². The van der Waals surface area contributed by atoms with Crippen LogP contribution >= 0.6 is 0 Å². The van der Waals surface area contributed by atoms with Gasteiger partial charge in [0.25, 0.3) is 0 Å². The fourth-order valence-electron chi connectivity index (χ4n) is 6.50. The van der Waals surface area contributed by atoms with Gasteiger partial charge in [-0.05, 0) is 81.2 Å². The van der Waals surface area contributed by atoms with Crippen molar-refractivity contribution >= 4 is 27.9 Å². The standard InChI is InChI=1S/C27H32F3N7/c1-36(13-16-2-4-20(10-16)37-7-6-21-25(31)32-15-33-26(21)37)14-18-8-17(9-18)11-24-34-22-5-3-19(27(28,29)30)12-23(22)35-24/h3,5-7,12,15-18,20H,2,4,8-11,13-14H2,1H3,(H,34,35)(H2,31,32,33)/t16-,17?,18?,20+/m1/s1. The molecule has 1 aromatic carbocycles. The Morgan fingerprint density at radius 3 is 2.68 bits per heavy atom. The normalized spacial score (nSPS) is 24.4. The van der Waals surface area contributed by atoms with Gasteiger partial charge in [0.05, 0.1) is 22.0 Å². The molecule has 0 aliphatic heterocycles. The number of alkyl halides is 3. The number of nitrogens with one attached hydrogen (secondary N) is 1. The van der Waals surface area contributed by atoms with E-state index in [1.807, 2.05) is 6.07 Å². The van der Waals surface area contributed by atoms with Crippen LogP contribution in [-0.2, 0) is 12.6 Å². The Bertz CT molecular complexity index is 1400. The molecule has 0 bridgehead atoms. The summed E-state index contributed by atoms with van der Waals surface area (Å²) in [5.41, 5.74) is 7.33. The van der Waals surface area contributed by atoms with Gasteiger partial charge in [-0.2, -0.15) is 13.2 Å². The van der Waals surface area contributed by atoms with E-state index >= 15 is 0 Å². The zero-order valence-corrected chi connectivity index (χ0v) is 20.9. The summed E-state index contributed by atoms with van der Waals surface area (Å²) in [5.74, 6) is 3.19. The highest BCUT2D eigenvalue weighted by molar-refractivity contribution is 5.86. The van der Waals surface area contributed by atoms with E-state index in [2.05, 4.69) is 42.6 Å². The van der Waals surface area contributed by atoms with Crippen molar-refractivity contribution in [3.8, 4) is 0 Å². The number of H-pyrrole nitrogens is 1. The Balaban J connectivity index is 0.970.